The van der Waals surface area contributed by atoms with E-state index in [2.05, 4.69) is 42.7 Å². The molecule has 136 valence electrons. The highest BCUT2D eigenvalue weighted by atomic mass is 32.1. The molecule has 4 aliphatic rings. The summed E-state index contributed by atoms with van der Waals surface area (Å²) in [5, 5.41) is 7.44. The van der Waals surface area contributed by atoms with Crippen molar-refractivity contribution in [2.45, 2.75) is 70.6 Å². The Kier molecular flexibility index (Phi) is 4.79. The first kappa shape index (κ1) is 17.3. The molecular weight excluding hydrogens is 324 g/mol. The molecule has 0 saturated heterocycles. The van der Waals surface area contributed by atoms with E-state index in [1.54, 1.807) is 5.56 Å². The van der Waals surface area contributed by atoms with Crippen molar-refractivity contribution >= 4 is 23.0 Å². The fourth-order valence-corrected chi connectivity index (χ4v) is 6.36. The van der Waals surface area contributed by atoms with E-state index in [1.807, 2.05) is 0 Å². The molecule has 0 unspecified atom stereocenters. The highest BCUT2D eigenvalue weighted by Gasteiger charge is 2.51. The van der Waals surface area contributed by atoms with Gasteiger partial charge in [0.25, 0.3) is 0 Å². The normalized spacial score (nSPS) is 32.6. The van der Waals surface area contributed by atoms with Crippen molar-refractivity contribution in [3.63, 3.8) is 0 Å². The van der Waals surface area contributed by atoms with Crippen molar-refractivity contribution in [1.82, 2.24) is 5.32 Å². The Balaban J connectivity index is 1.48. The first-order valence-corrected chi connectivity index (χ1v) is 10.6. The number of unbranched alkanes of at least 4 members (excludes halogenated alkanes) is 1. The molecule has 4 aliphatic carbocycles. The van der Waals surface area contributed by atoms with E-state index in [-0.39, 0.29) is 0 Å². The lowest BCUT2D eigenvalue weighted by molar-refractivity contribution is -0.00520. The van der Waals surface area contributed by atoms with E-state index < -0.39 is 0 Å². The minimum Gasteiger partial charge on any atom is -0.362 e. The summed E-state index contributed by atoms with van der Waals surface area (Å²) in [6.45, 7) is 5.37. The van der Waals surface area contributed by atoms with Crippen LogP contribution in [0.25, 0.3) is 0 Å². The van der Waals surface area contributed by atoms with Gasteiger partial charge in [-0.3, -0.25) is 0 Å². The maximum absolute atomic E-state index is 5.44. The molecule has 3 heteroatoms. The zero-order valence-electron chi connectivity index (χ0n) is 15.7. The lowest BCUT2D eigenvalue weighted by atomic mass is 9.48. The number of hydrogen-bond donors (Lipinski definition) is 2. The van der Waals surface area contributed by atoms with E-state index in [0.29, 0.717) is 5.41 Å². The van der Waals surface area contributed by atoms with Crippen LogP contribution >= 0.6 is 12.2 Å². The van der Waals surface area contributed by atoms with E-state index >= 15 is 0 Å². The Morgan fingerprint density at radius 3 is 2.32 bits per heavy atom. The first-order valence-electron chi connectivity index (χ1n) is 10.2. The SMILES string of the molecule is CCCCNC(=S)Nc1ccc(C23CC4CC(CC(C4)C2)C3)cc1C. The molecule has 4 fully saturated rings. The molecular formula is C22H32N2S. The maximum atomic E-state index is 5.44. The molecule has 1 aromatic rings. The van der Waals surface area contributed by atoms with E-state index in [0.717, 1.165) is 41.5 Å². The van der Waals surface area contributed by atoms with Crippen LogP contribution in [0.2, 0.25) is 0 Å². The summed E-state index contributed by atoms with van der Waals surface area (Å²) in [4.78, 5) is 0. The predicted octanol–water partition coefficient (Wildman–Crippen LogP) is 5.55. The maximum Gasteiger partial charge on any atom is 0.170 e. The largest absolute Gasteiger partial charge is 0.362 e. The molecule has 2 nitrogen and oxygen atoms in total. The summed E-state index contributed by atoms with van der Waals surface area (Å²) in [6, 6.07) is 7.10. The van der Waals surface area contributed by atoms with Gasteiger partial charge in [0, 0.05) is 12.2 Å². The molecule has 2 N–H and O–H groups in total. The standard InChI is InChI=1S/C22H32N2S/c1-3-4-7-23-21(25)24-20-6-5-19(8-15(20)2)22-12-16-9-17(13-22)11-18(10-16)14-22/h5-6,8,16-18H,3-4,7,9-14H2,1-2H3,(H2,23,24,25). The van der Waals surface area contributed by atoms with Gasteiger partial charge < -0.3 is 10.6 Å². The van der Waals surface area contributed by atoms with Crippen molar-refractivity contribution in [3.05, 3.63) is 29.3 Å². The van der Waals surface area contributed by atoms with Gasteiger partial charge in [-0.25, -0.2) is 0 Å². The minimum absolute atomic E-state index is 0.484. The van der Waals surface area contributed by atoms with Crippen LogP contribution in [0.15, 0.2) is 18.2 Å². The van der Waals surface area contributed by atoms with Crippen molar-refractivity contribution in [2.75, 3.05) is 11.9 Å². The van der Waals surface area contributed by atoms with Crippen LogP contribution < -0.4 is 10.6 Å². The number of nitrogens with one attached hydrogen (secondary N) is 2. The van der Waals surface area contributed by atoms with Gasteiger partial charge in [-0.2, -0.15) is 0 Å². The van der Waals surface area contributed by atoms with Crippen LogP contribution in [0.1, 0.15) is 69.4 Å². The lowest BCUT2D eigenvalue weighted by Gasteiger charge is -2.57. The smallest absolute Gasteiger partial charge is 0.170 e. The van der Waals surface area contributed by atoms with Crippen molar-refractivity contribution < 1.29 is 0 Å². The molecule has 0 atom stereocenters. The van der Waals surface area contributed by atoms with Crippen molar-refractivity contribution in [3.8, 4) is 0 Å². The molecule has 4 saturated carbocycles. The summed E-state index contributed by atoms with van der Waals surface area (Å²) < 4.78 is 0. The van der Waals surface area contributed by atoms with Crippen molar-refractivity contribution in [1.29, 1.82) is 0 Å². The molecule has 0 aliphatic heterocycles. The Bertz CT molecular complexity index is 616. The second kappa shape index (κ2) is 6.90. The molecule has 0 heterocycles. The predicted molar refractivity (Wildman–Crippen MR) is 110 cm³/mol. The number of aryl methyl sites for hydroxylation is 1. The second-order valence-corrected chi connectivity index (χ2v) is 9.37. The molecule has 1 aromatic carbocycles. The van der Waals surface area contributed by atoms with Crippen LogP contribution in [-0.4, -0.2) is 11.7 Å². The minimum atomic E-state index is 0.484. The third-order valence-electron chi connectivity index (χ3n) is 6.94. The average Bonchev–Trinajstić information content (AvgIpc) is 2.55. The molecule has 0 aromatic heterocycles. The van der Waals surface area contributed by atoms with Gasteiger partial charge in [0.2, 0.25) is 0 Å². The topological polar surface area (TPSA) is 24.1 Å². The third-order valence-corrected chi connectivity index (χ3v) is 7.19. The number of hydrogen-bond acceptors (Lipinski definition) is 1. The van der Waals surface area contributed by atoms with Gasteiger partial charge in [0.05, 0.1) is 0 Å². The fraction of sp³-hybridized carbons (Fsp3) is 0.682. The Labute approximate surface area is 158 Å². The summed E-state index contributed by atoms with van der Waals surface area (Å²) in [6.07, 6.45) is 11.2. The number of anilines is 1. The first-order chi connectivity index (χ1) is 12.1. The Morgan fingerprint density at radius 2 is 1.76 bits per heavy atom. The second-order valence-electron chi connectivity index (χ2n) is 8.96. The quantitative estimate of drug-likeness (QED) is 0.534. The number of thiocarbonyl (C=S) groups is 1. The number of benzene rings is 1. The summed E-state index contributed by atoms with van der Waals surface area (Å²) in [7, 11) is 0. The zero-order valence-corrected chi connectivity index (χ0v) is 16.6. The van der Waals surface area contributed by atoms with Gasteiger partial charge >= 0.3 is 0 Å². The van der Waals surface area contributed by atoms with Crippen molar-refractivity contribution in [2.24, 2.45) is 17.8 Å². The average molecular weight is 357 g/mol. The molecule has 0 amide bonds. The summed E-state index contributed by atoms with van der Waals surface area (Å²) in [5.41, 5.74) is 4.56. The highest BCUT2D eigenvalue weighted by molar-refractivity contribution is 7.80. The van der Waals surface area contributed by atoms with E-state index in [4.69, 9.17) is 12.2 Å². The molecule has 0 radical (unpaired) electrons. The van der Waals surface area contributed by atoms with Crippen LogP contribution in [0.3, 0.4) is 0 Å². The summed E-state index contributed by atoms with van der Waals surface area (Å²) in [5.74, 6) is 3.00. The van der Waals surface area contributed by atoms with E-state index in [9.17, 15) is 0 Å². The monoisotopic (exact) mass is 356 g/mol. The lowest BCUT2D eigenvalue weighted by Crippen LogP contribution is -2.48. The third kappa shape index (κ3) is 3.45. The Hall–Kier alpha value is -1.09. The van der Waals surface area contributed by atoms with Gasteiger partial charge in [-0.1, -0.05) is 25.5 Å². The molecule has 25 heavy (non-hydrogen) atoms. The fourth-order valence-electron chi connectivity index (χ4n) is 6.14. The number of rotatable bonds is 5. The zero-order chi connectivity index (χ0) is 17.4. The van der Waals surface area contributed by atoms with Crippen LogP contribution in [0.4, 0.5) is 5.69 Å². The van der Waals surface area contributed by atoms with Gasteiger partial charge in [-0.05, 0) is 104 Å². The molecule has 4 bridgehead atoms. The van der Waals surface area contributed by atoms with E-state index in [1.165, 1.54) is 50.5 Å². The summed E-state index contributed by atoms with van der Waals surface area (Å²) >= 11 is 5.44. The van der Waals surface area contributed by atoms with Crippen LogP contribution in [-0.2, 0) is 5.41 Å². The Morgan fingerprint density at radius 1 is 1.12 bits per heavy atom. The van der Waals surface area contributed by atoms with Crippen LogP contribution in [0, 0.1) is 24.7 Å². The van der Waals surface area contributed by atoms with Gasteiger partial charge in [0.1, 0.15) is 0 Å². The van der Waals surface area contributed by atoms with Gasteiger partial charge in [-0.15, -0.1) is 0 Å². The molecule has 0 spiro atoms. The molecule has 5 rings (SSSR count). The highest BCUT2D eigenvalue weighted by Crippen LogP contribution is 2.60. The van der Waals surface area contributed by atoms with Crippen LogP contribution in [0.5, 0.6) is 0 Å². The van der Waals surface area contributed by atoms with Gasteiger partial charge in [0.15, 0.2) is 5.11 Å².